The number of piperidine rings is 1. The van der Waals surface area contributed by atoms with Crippen LogP contribution in [0.15, 0.2) is 36.5 Å². The van der Waals surface area contributed by atoms with E-state index in [1.807, 2.05) is 12.1 Å². The number of H-pyrrole nitrogens is 1. The average molecular weight is 425 g/mol. The maximum atomic E-state index is 6.14. The molecule has 1 fully saturated rings. The molecule has 0 amide bonds. The van der Waals surface area contributed by atoms with E-state index in [-0.39, 0.29) is 0 Å². The van der Waals surface area contributed by atoms with Crippen molar-refractivity contribution >= 4 is 22.5 Å². The van der Waals surface area contributed by atoms with Gasteiger partial charge in [0.25, 0.3) is 0 Å². The summed E-state index contributed by atoms with van der Waals surface area (Å²) >= 11 is 6.14. The van der Waals surface area contributed by atoms with Crippen molar-refractivity contribution in [3.8, 4) is 11.5 Å². The van der Waals surface area contributed by atoms with E-state index in [2.05, 4.69) is 34.3 Å². The van der Waals surface area contributed by atoms with E-state index in [1.165, 1.54) is 41.3 Å². The number of aromatic amines is 1. The minimum atomic E-state index is 0.589. The predicted octanol–water partition coefficient (Wildman–Crippen LogP) is 5.75. The molecular formula is C25H29ClN2O2. The third-order valence-electron chi connectivity index (χ3n) is 7.03. The fourth-order valence-corrected chi connectivity index (χ4v) is 5.58. The van der Waals surface area contributed by atoms with Crippen molar-refractivity contribution in [3.05, 3.63) is 58.2 Å². The summed E-state index contributed by atoms with van der Waals surface area (Å²) in [5.74, 6) is 2.90. The number of methoxy groups -OCH3 is 2. The highest BCUT2D eigenvalue weighted by atomic mass is 35.5. The Morgan fingerprint density at radius 1 is 1.00 bits per heavy atom. The molecule has 3 aromatic rings. The Hall–Kier alpha value is -2.17. The van der Waals surface area contributed by atoms with Crippen molar-refractivity contribution < 1.29 is 9.47 Å². The van der Waals surface area contributed by atoms with Crippen LogP contribution in [0.2, 0.25) is 5.02 Å². The van der Waals surface area contributed by atoms with Gasteiger partial charge in [0.15, 0.2) is 11.5 Å². The van der Waals surface area contributed by atoms with Crippen LogP contribution < -0.4 is 9.47 Å². The molecule has 1 unspecified atom stereocenters. The molecule has 2 aromatic carbocycles. The van der Waals surface area contributed by atoms with Crippen LogP contribution in [-0.2, 0) is 6.42 Å². The number of aromatic nitrogens is 1. The second-order valence-corrected chi connectivity index (χ2v) is 9.09. The lowest BCUT2D eigenvalue weighted by molar-refractivity contribution is 0.200. The van der Waals surface area contributed by atoms with E-state index in [0.29, 0.717) is 11.8 Å². The zero-order valence-corrected chi connectivity index (χ0v) is 18.5. The van der Waals surface area contributed by atoms with Gasteiger partial charge in [0.2, 0.25) is 0 Å². The summed E-state index contributed by atoms with van der Waals surface area (Å²) in [6.07, 6.45) is 6.96. The lowest BCUT2D eigenvalue weighted by atomic mass is 9.88. The highest BCUT2D eigenvalue weighted by molar-refractivity contribution is 6.31. The second kappa shape index (κ2) is 8.16. The Bertz CT molecular complexity index is 1050. The van der Waals surface area contributed by atoms with Crippen LogP contribution >= 0.6 is 11.6 Å². The SMILES string of the molecule is COc1cc2c(cc1OC)C(CN1CCC(c3c[nH]c4cc(Cl)ccc34)CC1)CC2. The van der Waals surface area contributed by atoms with Crippen molar-refractivity contribution in [2.75, 3.05) is 33.9 Å². The van der Waals surface area contributed by atoms with Crippen LogP contribution in [0.1, 0.15) is 47.8 Å². The minimum absolute atomic E-state index is 0.589. The van der Waals surface area contributed by atoms with Crippen LogP contribution in [0, 0.1) is 0 Å². The number of hydrogen-bond acceptors (Lipinski definition) is 3. The third kappa shape index (κ3) is 3.57. The summed E-state index contributed by atoms with van der Waals surface area (Å²) in [6.45, 7) is 3.45. The van der Waals surface area contributed by atoms with Gasteiger partial charge in [-0.3, -0.25) is 0 Å². The largest absolute Gasteiger partial charge is 0.493 e. The molecule has 4 nitrogen and oxygen atoms in total. The second-order valence-electron chi connectivity index (χ2n) is 8.65. The number of halogens is 1. The first-order chi connectivity index (χ1) is 14.7. The average Bonchev–Trinajstić information content (AvgIpc) is 3.36. The van der Waals surface area contributed by atoms with Gasteiger partial charge in [-0.2, -0.15) is 0 Å². The van der Waals surface area contributed by atoms with Gasteiger partial charge in [-0.25, -0.2) is 0 Å². The van der Waals surface area contributed by atoms with E-state index in [4.69, 9.17) is 21.1 Å². The number of hydrogen-bond donors (Lipinski definition) is 1. The van der Waals surface area contributed by atoms with Crippen LogP contribution in [0.4, 0.5) is 0 Å². The quantitative estimate of drug-likeness (QED) is 0.566. The fraction of sp³-hybridized carbons (Fsp3) is 0.440. The molecule has 1 aromatic heterocycles. The van der Waals surface area contributed by atoms with Crippen molar-refractivity contribution in [2.24, 2.45) is 0 Å². The summed E-state index contributed by atoms with van der Waals surface area (Å²) in [7, 11) is 3.43. The fourth-order valence-electron chi connectivity index (χ4n) is 5.41. The summed E-state index contributed by atoms with van der Waals surface area (Å²) in [4.78, 5) is 6.06. The first kappa shape index (κ1) is 19.8. The highest BCUT2D eigenvalue weighted by Crippen LogP contribution is 2.41. The predicted molar refractivity (Wildman–Crippen MR) is 122 cm³/mol. The molecule has 1 N–H and O–H groups in total. The van der Waals surface area contributed by atoms with E-state index in [1.54, 1.807) is 14.2 Å². The molecule has 0 radical (unpaired) electrons. The zero-order chi connectivity index (χ0) is 20.7. The Kier molecular flexibility index (Phi) is 5.38. The molecular weight excluding hydrogens is 396 g/mol. The number of nitrogens with zero attached hydrogens (tertiary/aromatic N) is 1. The van der Waals surface area contributed by atoms with Gasteiger partial charge in [-0.05, 0) is 91.6 Å². The van der Waals surface area contributed by atoms with E-state index >= 15 is 0 Å². The molecule has 2 heterocycles. The van der Waals surface area contributed by atoms with Gasteiger partial charge in [0.05, 0.1) is 14.2 Å². The third-order valence-corrected chi connectivity index (χ3v) is 7.26. The maximum absolute atomic E-state index is 6.14. The molecule has 0 bridgehead atoms. The first-order valence-electron chi connectivity index (χ1n) is 10.9. The molecule has 5 heteroatoms. The summed E-state index contributed by atoms with van der Waals surface area (Å²) in [6, 6.07) is 10.6. The number of likely N-dealkylation sites (tertiary alicyclic amines) is 1. The number of ether oxygens (including phenoxy) is 2. The Morgan fingerprint density at radius 2 is 1.77 bits per heavy atom. The van der Waals surface area contributed by atoms with Gasteiger partial charge >= 0.3 is 0 Å². The van der Waals surface area contributed by atoms with Crippen LogP contribution in [0.3, 0.4) is 0 Å². The molecule has 5 rings (SSSR count). The zero-order valence-electron chi connectivity index (χ0n) is 17.7. The van der Waals surface area contributed by atoms with E-state index in [9.17, 15) is 0 Å². The molecule has 1 atom stereocenters. The molecule has 1 aliphatic carbocycles. The normalized spacial score (nSPS) is 19.9. The van der Waals surface area contributed by atoms with Gasteiger partial charge in [-0.15, -0.1) is 0 Å². The molecule has 2 aliphatic rings. The van der Waals surface area contributed by atoms with Crippen LogP contribution in [0.25, 0.3) is 10.9 Å². The smallest absolute Gasteiger partial charge is 0.161 e. The summed E-state index contributed by atoms with van der Waals surface area (Å²) in [5.41, 5.74) is 5.46. The lowest BCUT2D eigenvalue weighted by Gasteiger charge is -2.33. The van der Waals surface area contributed by atoms with Crippen molar-refractivity contribution in [1.82, 2.24) is 9.88 Å². The number of rotatable bonds is 5. The number of fused-ring (bicyclic) bond motifs is 2. The van der Waals surface area contributed by atoms with Gasteiger partial charge in [0, 0.05) is 28.7 Å². The molecule has 0 spiro atoms. The molecule has 30 heavy (non-hydrogen) atoms. The lowest BCUT2D eigenvalue weighted by Crippen LogP contribution is -2.35. The van der Waals surface area contributed by atoms with Crippen molar-refractivity contribution in [2.45, 2.75) is 37.5 Å². The minimum Gasteiger partial charge on any atom is -0.493 e. The van der Waals surface area contributed by atoms with Crippen LogP contribution in [-0.4, -0.2) is 43.7 Å². The molecule has 1 aliphatic heterocycles. The van der Waals surface area contributed by atoms with Crippen molar-refractivity contribution in [1.29, 1.82) is 0 Å². The van der Waals surface area contributed by atoms with Crippen molar-refractivity contribution in [3.63, 3.8) is 0 Å². The maximum Gasteiger partial charge on any atom is 0.161 e. The number of aryl methyl sites for hydroxylation is 1. The van der Waals surface area contributed by atoms with Gasteiger partial charge < -0.3 is 19.4 Å². The van der Waals surface area contributed by atoms with Gasteiger partial charge in [0.1, 0.15) is 0 Å². The summed E-state index contributed by atoms with van der Waals surface area (Å²) in [5, 5.41) is 2.11. The molecule has 0 saturated carbocycles. The van der Waals surface area contributed by atoms with Gasteiger partial charge in [-0.1, -0.05) is 17.7 Å². The number of nitrogens with one attached hydrogen (secondary N) is 1. The monoisotopic (exact) mass is 424 g/mol. The van der Waals surface area contributed by atoms with E-state index < -0.39 is 0 Å². The topological polar surface area (TPSA) is 37.5 Å². The molecule has 1 saturated heterocycles. The Labute approximate surface area is 183 Å². The Morgan fingerprint density at radius 3 is 2.53 bits per heavy atom. The Balaban J connectivity index is 1.25. The number of benzene rings is 2. The molecule has 158 valence electrons. The van der Waals surface area contributed by atoms with E-state index in [0.717, 1.165) is 48.1 Å². The standard InChI is InChI=1S/C25H29ClN2O2/c1-29-24-11-17-3-4-18(21(17)13-25(24)30-2)15-28-9-7-16(8-10-28)22-14-27-23-12-19(26)5-6-20(22)23/h5-6,11-14,16,18,27H,3-4,7-10,15H2,1-2H3. The highest BCUT2D eigenvalue weighted by Gasteiger charge is 2.29. The van der Waals surface area contributed by atoms with Crippen LogP contribution in [0.5, 0.6) is 11.5 Å². The first-order valence-corrected chi connectivity index (χ1v) is 11.3. The summed E-state index contributed by atoms with van der Waals surface area (Å²) < 4.78 is 11.0.